The molecule has 0 radical (unpaired) electrons. The molecule has 2 rings (SSSR count). The zero-order chi connectivity index (χ0) is 13.1. The van der Waals surface area contributed by atoms with Crippen LogP contribution < -0.4 is 4.90 Å². The molecule has 1 aliphatic rings. The highest BCUT2D eigenvalue weighted by Crippen LogP contribution is 2.26. The number of nitrogens with zero attached hydrogens (tertiary/aromatic N) is 3. The average Bonchev–Trinajstić information content (AvgIpc) is 2.39. The minimum Gasteiger partial charge on any atom is -0.480 e. The average molecular weight is 249 g/mol. The van der Waals surface area contributed by atoms with Gasteiger partial charge in [-0.1, -0.05) is 6.92 Å². The summed E-state index contributed by atoms with van der Waals surface area (Å²) in [6.45, 7) is 4.78. The zero-order valence-corrected chi connectivity index (χ0v) is 10.9. The molecule has 0 spiro atoms. The van der Waals surface area contributed by atoms with Crippen LogP contribution in [-0.2, 0) is 11.2 Å². The van der Waals surface area contributed by atoms with Crippen molar-refractivity contribution in [1.29, 1.82) is 0 Å². The fraction of sp³-hybridized carbons (Fsp3) is 0.615. The molecular weight excluding hydrogens is 230 g/mol. The lowest BCUT2D eigenvalue weighted by Crippen LogP contribution is -2.45. The molecule has 1 aromatic rings. The van der Waals surface area contributed by atoms with E-state index >= 15 is 0 Å². The predicted octanol–water partition coefficient (Wildman–Crippen LogP) is 1.79. The van der Waals surface area contributed by atoms with E-state index in [0.29, 0.717) is 6.42 Å². The number of anilines is 1. The van der Waals surface area contributed by atoms with Crippen molar-refractivity contribution in [3.8, 4) is 0 Å². The molecule has 5 heteroatoms. The maximum absolute atomic E-state index is 11.3. The highest BCUT2D eigenvalue weighted by atomic mass is 16.4. The Hall–Kier alpha value is -1.65. The fourth-order valence-corrected chi connectivity index (χ4v) is 2.56. The number of piperidine rings is 1. The van der Waals surface area contributed by atoms with E-state index in [1.165, 1.54) is 6.33 Å². The van der Waals surface area contributed by atoms with Crippen molar-refractivity contribution in [2.45, 2.75) is 45.6 Å². The van der Waals surface area contributed by atoms with Gasteiger partial charge in [0.05, 0.1) is 0 Å². The molecule has 0 amide bonds. The van der Waals surface area contributed by atoms with Gasteiger partial charge in [0, 0.05) is 17.8 Å². The minimum atomic E-state index is -0.759. The maximum atomic E-state index is 11.3. The molecule has 1 saturated heterocycles. The molecule has 1 fully saturated rings. The molecule has 0 saturated carbocycles. The molecule has 0 bridgehead atoms. The monoisotopic (exact) mass is 249 g/mol. The summed E-state index contributed by atoms with van der Waals surface area (Å²) in [6, 6.07) is -0.447. The summed E-state index contributed by atoms with van der Waals surface area (Å²) < 4.78 is 0. The first kappa shape index (κ1) is 12.8. The van der Waals surface area contributed by atoms with Gasteiger partial charge in [0.2, 0.25) is 0 Å². The van der Waals surface area contributed by atoms with Gasteiger partial charge in [-0.15, -0.1) is 0 Å². The molecule has 2 heterocycles. The van der Waals surface area contributed by atoms with E-state index in [1.54, 1.807) is 0 Å². The topological polar surface area (TPSA) is 66.3 Å². The third-order valence-electron chi connectivity index (χ3n) is 3.56. The van der Waals surface area contributed by atoms with Gasteiger partial charge in [0.1, 0.15) is 18.2 Å². The van der Waals surface area contributed by atoms with Gasteiger partial charge in [-0.2, -0.15) is 0 Å². The van der Waals surface area contributed by atoms with Crippen molar-refractivity contribution < 1.29 is 9.90 Å². The normalized spacial score (nSPS) is 19.9. The van der Waals surface area contributed by atoms with Crippen LogP contribution in [0.2, 0.25) is 0 Å². The molecule has 5 nitrogen and oxygen atoms in total. The predicted molar refractivity (Wildman–Crippen MR) is 68.8 cm³/mol. The number of aryl methyl sites for hydroxylation is 1. The summed E-state index contributed by atoms with van der Waals surface area (Å²) in [4.78, 5) is 21.8. The number of aliphatic carboxylic acids is 1. The Morgan fingerprint density at radius 3 is 2.94 bits per heavy atom. The van der Waals surface area contributed by atoms with Crippen molar-refractivity contribution in [3.05, 3.63) is 17.6 Å². The highest BCUT2D eigenvalue weighted by Gasteiger charge is 2.30. The molecular formula is C13H19N3O2. The van der Waals surface area contributed by atoms with Crippen LogP contribution in [0.15, 0.2) is 6.33 Å². The number of rotatable bonds is 3. The number of carboxylic acids is 1. The number of hydrogen-bond acceptors (Lipinski definition) is 4. The lowest BCUT2D eigenvalue weighted by Gasteiger charge is -2.34. The fourth-order valence-electron chi connectivity index (χ4n) is 2.56. The SMILES string of the molecule is CCc1ncnc(N2CCCCC2C(=O)O)c1C. The van der Waals surface area contributed by atoms with Gasteiger partial charge in [0.25, 0.3) is 0 Å². The first-order valence-corrected chi connectivity index (χ1v) is 6.45. The third-order valence-corrected chi connectivity index (χ3v) is 3.56. The van der Waals surface area contributed by atoms with Crippen LogP contribution in [0.3, 0.4) is 0 Å². The second kappa shape index (κ2) is 5.33. The Balaban J connectivity index is 2.36. The molecule has 1 aromatic heterocycles. The van der Waals surface area contributed by atoms with E-state index in [4.69, 9.17) is 0 Å². The number of hydrogen-bond donors (Lipinski definition) is 1. The Labute approximate surface area is 107 Å². The molecule has 0 aromatic carbocycles. The van der Waals surface area contributed by atoms with Gasteiger partial charge in [0.15, 0.2) is 0 Å². The molecule has 1 atom stereocenters. The minimum absolute atomic E-state index is 0.447. The Morgan fingerprint density at radius 2 is 2.28 bits per heavy atom. The first-order chi connectivity index (χ1) is 8.65. The number of carbonyl (C=O) groups is 1. The number of aromatic nitrogens is 2. The van der Waals surface area contributed by atoms with Crippen molar-refractivity contribution >= 4 is 11.8 Å². The smallest absolute Gasteiger partial charge is 0.326 e. The summed E-state index contributed by atoms with van der Waals surface area (Å²) in [5.74, 6) is 0.0275. The summed E-state index contributed by atoms with van der Waals surface area (Å²) in [5, 5.41) is 9.30. The Bertz CT molecular complexity index is 448. The lowest BCUT2D eigenvalue weighted by atomic mass is 10.0. The summed E-state index contributed by atoms with van der Waals surface area (Å²) >= 11 is 0. The van der Waals surface area contributed by atoms with Crippen LogP contribution >= 0.6 is 0 Å². The quantitative estimate of drug-likeness (QED) is 0.884. The molecule has 1 unspecified atom stereocenters. The van der Waals surface area contributed by atoms with Crippen LogP contribution in [0.1, 0.15) is 37.4 Å². The Morgan fingerprint density at radius 1 is 1.50 bits per heavy atom. The van der Waals surface area contributed by atoms with Crippen molar-refractivity contribution in [2.75, 3.05) is 11.4 Å². The molecule has 1 N–H and O–H groups in total. The lowest BCUT2D eigenvalue weighted by molar-refractivity contribution is -0.139. The van der Waals surface area contributed by atoms with Crippen LogP contribution in [0, 0.1) is 6.92 Å². The number of carboxylic acid groups (broad SMARTS) is 1. The molecule has 0 aliphatic carbocycles. The largest absolute Gasteiger partial charge is 0.480 e. The van der Waals surface area contributed by atoms with Gasteiger partial charge >= 0.3 is 5.97 Å². The third kappa shape index (κ3) is 2.30. The van der Waals surface area contributed by atoms with Crippen LogP contribution in [0.5, 0.6) is 0 Å². The van der Waals surface area contributed by atoms with E-state index in [9.17, 15) is 9.90 Å². The van der Waals surface area contributed by atoms with Gasteiger partial charge < -0.3 is 10.0 Å². The van der Waals surface area contributed by atoms with Crippen molar-refractivity contribution in [1.82, 2.24) is 9.97 Å². The van der Waals surface area contributed by atoms with E-state index in [-0.39, 0.29) is 0 Å². The van der Waals surface area contributed by atoms with Crippen molar-refractivity contribution in [2.24, 2.45) is 0 Å². The highest BCUT2D eigenvalue weighted by molar-refractivity contribution is 5.78. The van der Waals surface area contributed by atoms with Gasteiger partial charge in [-0.3, -0.25) is 0 Å². The van der Waals surface area contributed by atoms with E-state index < -0.39 is 12.0 Å². The second-order valence-electron chi connectivity index (χ2n) is 4.67. The summed E-state index contributed by atoms with van der Waals surface area (Å²) in [7, 11) is 0. The van der Waals surface area contributed by atoms with Gasteiger partial charge in [-0.05, 0) is 32.6 Å². The second-order valence-corrected chi connectivity index (χ2v) is 4.67. The van der Waals surface area contributed by atoms with Gasteiger partial charge in [-0.25, -0.2) is 14.8 Å². The molecule has 98 valence electrons. The molecule has 1 aliphatic heterocycles. The summed E-state index contributed by atoms with van der Waals surface area (Å²) in [6.07, 6.45) is 5.06. The first-order valence-electron chi connectivity index (χ1n) is 6.45. The van der Waals surface area contributed by atoms with Crippen LogP contribution in [0.25, 0.3) is 0 Å². The Kier molecular flexibility index (Phi) is 3.79. The van der Waals surface area contributed by atoms with Crippen LogP contribution in [-0.4, -0.2) is 33.6 Å². The molecule has 18 heavy (non-hydrogen) atoms. The maximum Gasteiger partial charge on any atom is 0.326 e. The van der Waals surface area contributed by atoms with Crippen LogP contribution in [0.4, 0.5) is 5.82 Å². The van der Waals surface area contributed by atoms with E-state index in [2.05, 4.69) is 9.97 Å². The summed E-state index contributed by atoms with van der Waals surface area (Å²) in [5.41, 5.74) is 2.00. The van der Waals surface area contributed by atoms with E-state index in [0.717, 1.165) is 42.9 Å². The van der Waals surface area contributed by atoms with Crippen molar-refractivity contribution in [3.63, 3.8) is 0 Å². The zero-order valence-electron chi connectivity index (χ0n) is 10.9. The standard InChI is InChI=1S/C13H19N3O2/c1-3-10-9(2)12(15-8-14-10)16-7-5-4-6-11(16)13(17)18/h8,11H,3-7H2,1-2H3,(H,17,18). The van der Waals surface area contributed by atoms with E-state index in [1.807, 2.05) is 18.7 Å².